The molecule has 1 heterocycles. The van der Waals surface area contributed by atoms with E-state index >= 15 is 0 Å². The molecule has 2 heteroatoms. The lowest BCUT2D eigenvalue weighted by Gasteiger charge is -2.44. The highest BCUT2D eigenvalue weighted by Gasteiger charge is 2.46. The van der Waals surface area contributed by atoms with Gasteiger partial charge in [-0.15, -0.1) is 0 Å². The minimum Gasteiger partial charge on any atom is -0.372 e. The Morgan fingerprint density at radius 1 is 1.06 bits per heavy atom. The van der Waals surface area contributed by atoms with E-state index in [0.29, 0.717) is 17.1 Å². The van der Waals surface area contributed by atoms with Gasteiger partial charge in [0.05, 0.1) is 11.7 Å². The average molecular weight is 251 g/mol. The van der Waals surface area contributed by atoms with Crippen LogP contribution in [-0.2, 0) is 4.74 Å². The molecule has 1 N–H and O–H groups in total. The van der Waals surface area contributed by atoms with E-state index in [1.54, 1.807) is 0 Å². The van der Waals surface area contributed by atoms with Gasteiger partial charge in [0.25, 0.3) is 0 Å². The minimum absolute atomic E-state index is 0.327. The first kappa shape index (κ1) is 12.9. The topological polar surface area (TPSA) is 21.3 Å². The van der Waals surface area contributed by atoms with Gasteiger partial charge in [0.2, 0.25) is 0 Å². The highest BCUT2D eigenvalue weighted by atomic mass is 16.5. The third-order valence-corrected chi connectivity index (χ3v) is 5.68. The van der Waals surface area contributed by atoms with Gasteiger partial charge in [-0.05, 0) is 56.9 Å². The van der Waals surface area contributed by atoms with Crippen LogP contribution < -0.4 is 5.32 Å². The van der Waals surface area contributed by atoms with Crippen molar-refractivity contribution in [3.05, 3.63) is 0 Å². The smallest absolute Gasteiger partial charge is 0.0687 e. The summed E-state index contributed by atoms with van der Waals surface area (Å²) in [5.74, 6) is 0. The van der Waals surface area contributed by atoms with Gasteiger partial charge in [-0.1, -0.05) is 26.2 Å². The molecular formula is C16H29NO. The van der Waals surface area contributed by atoms with Gasteiger partial charge in [0, 0.05) is 6.54 Å². The van der Waals surface area contributed by atoms with E-state index in [4.69, 9.17) is 4.74 Å². The van der Waals surface area contributed by atoms with Crippen LogP contribution in [0.3, 0.4) is 0 Å². The first-order valence-corrected chi connectivity index (χ1v) is 8.15. The summed E-state index contributed by atoms with van der Waals surface area (Å²) in [5, 5.41) is 3.57. The molecule has 0 aromatic carbocycles. The molecule has 3 fully saturated rings. The van der Waals surface area contributed by atoms with Crippen LogP contribution in [-0.4, -0.2) is 24.8 Å². The Labute approximate surface area is 112 Å². The van der Waals surface area contributed by atoms with E-state index in [0.717, 1.165) is 6.54 Å². The van der Waals surface area contributed by atoms with E-state index in [1.807, 2.05) is 0 Å². The largest absolute Gasteiger partial charge is 0.372 e. The molecule has 3 rings (SSSR count). The molecule has 18 heavy (non-hydrogen) atoms. The van der Waals surface area contributed by atoms with Crippen LogP contribution in [0.2, 0.25) is 0 Å². The normalized spacial score (nSPS) is 32.8. The fraction of sp³-hybridized carbons (Fsp3) is 1.00. The molecule has 1 spiro atoms. The summed E-state index contributed by atoms with van der Waals surface area (Å²) in [6.45, 7) is 4.54. The molecule has 2 nitrogen and oxygen atoms in total. The van der Waals surface area contributed by atoms with Crippen LogP contribution >= 0.6 is 0 Å². The summed E-state index contributed by atoms with van der Waals surface area (Å²) in [6, 6.07) is 0. The van der Waals surface area contributed by atoms with E-state index in [-0.39, 0.29) is 0 Å². The van der Waals surface area contributed by atoms with Gasteiger partial charge >= 0.3 is 0 Å². The van der Waals surface area contributed by atoms with Crippen molar-refractivity contribution in [1.29, 1.82) is 0 Å². The molecule has 0 aromatic heterocycles. The Kier molecular flexibility index (Phi) is 3.68. The Bertz CT molecular complexity index is 279. The Morgan fingerprint density at radius 3 is 2.44 bits per heavy atom. The molecule has 3 aliphatic rings. The standard InChI is InChI=1S/C16H29NO/c1-2-17-13-15(7-5-8-15)12-14-6-11-16(18-14)9-3-4-10-16/h14,17H,2-13H2,1H3. The average Bonchev–Trinajstić information content (AvgIpc) is 2.94. The van der Waals surface area contributed by atoms with Crippen molar-refractivity contribution >= 4 is 0 Å². The first-order chi connectivity index (χ1) is 8.76. The molecule has 0 aromatic rings. The zero-order chi connectivity index (χ0) is 12.5. The molecule has 1 aliphatic heterocycles. The quantitative estimate of drug-likeness (QED) is 0.805. The van der Waals surface area contributed by atoms with Crippen LogP contribution in [0.25, 0.3) is 0 Å². The van der Waals surface area contributed by atoms with Crippen molar-refractivity contribution in [2.75, 3.05) is 13.1 Å². The molecule has 0 amide bonds. The predicted molar refractivity (Wildman–Crippen MR) is 74.8 cm³/mol. The lowest BCUT2D eigenvalue weighted by Crippen LogP contribution is -2.42. The highest BCUT2D eigenvalue weighted by Crippen LogP contribution is 2.50. The second-order valence-electron chi connectivity index (χ2n) is 7.01. The maximum Gasteiger partial charge on any atom is 0.0687 e. The second kappa shape index (κ2) is 5.13. The van der Waals surface area contributed by atoms with Crippen LogP contribution in [0.5, 0.6) is 0 Å². The minimum atomic E-state index is 0.327. The van der Waals surface area contributed by atoms with Gasteiger partial charge in [0.1, 0.15) is 0 Å². The number of hydrogen-bond donors (Lipinski definition) is 1. The number of rotatable bonds is 5. The highest BCUT2D eigenvalue weighted by molar-refractivity contribution is 4.97. The van der Waals surface area contributed by atoms with Crippen molar-refractivity contribution in [3.63, 3.8) is 0 Å². The summed E-state index contributed by atoms with van der Waals surface area (Å²) in [7, 11) is 0. The van der Waals surface area contributed by atoms with Gasteiger partial charge in [0.15, 0.2) is 0 Å². The van der Waals surface area contributed by atoms with E-state index in [1.165, 1.54) is 70.8 Å². The predicted octanol–water partition coefficient (Wildman–Crippen LogP) is 3.65. The van der Waals surface area contributed by atoms with Crippen molar-refractivity contribution in [3.8, 4) is 0 Å². The van der Waals surface area contributed by atoms with Gasteiger partial charge in [-0.25, -0.2) is 0 Å². The maximum absolute atomic E-state index is 6.49. The van der Waals surface area contributed by atoms with Crippen molar-refractivity contribution < 1.29 is 4.74 Å². The molecule has 0 bridgehead atoms. The van der Waals surface area contributed by atoms with Crippen LogP contribution in [0, 0.1) is 5.41 Å². The molecule has 1 atom stereocenters. The van der Waals surface area contributed by atoms with Crippen LogP contribution in [0.4, 0.5) is 0 Å². The number of hydrogen-bond acceptors (Lipinski definition) is 2. The summed E-state index contributed by atoms with van der Waals surface area (Å²) in [6.07, 6.45) is 14.3. The van der Waals surface area contributed by atoms with E-state index in [2.05, 4.69) is 12.2 Å². The maximum atomic E-state index is 6.49. The van der Waals surface area contributed by atoms with Crippen molar-refractivity contribution in [2.45, 2.75) is 82.8 Å². The van der Waals surface area contributed by atoms with E-state index in [9.17, 15) is 0 Å². The lowest BCUT2D eigenvalue weighted by molar-refractivity contribution is -0.0639. The zero-order valence-electron chi connectivity index (χ0n) is 12.0. The molecular weight excluding hydrogens is 222 g/mol. The van der Waals surface area contributed by atoms with Crippen molar-refractivity contribution in [2.24, 2.45) is 5.41 Å². The molecule has 1 saturated heterocycles. The lowest BCUT2D eigenvalue weighted by atomic mass is 9.65. The summed E-state index contributed by atoms with van der Waals surface area (Å²) < 4.78 is 6.49. The molecule has 1 unspecified atom stereocenters. The summed E-state index contributed by atoms with van der Waals surface area (Å²) in [4.78, 5) is 0. The fourth-order valence-electron chi connectivity index (χ4n) is 4.43. The van der Waals surface area contributed by atoms with Gasteiger partial charge < -0.3 is 10.1 Å². The van der Waals surface area contributed by atoms with Gasteiger partial charge in [-0.2, -0.15) is 0 Å². The monoisotopic (exact) mass is 251 g/mol. The molecule has 104 valence electrons. The number of ether oxygens (including phenoxy) is 1. The van der Waals surface area contributed by atoms with Crippen LogP contribution in [0.1, 0.15) is 71.1 Å². The zero-order valence-corrected chi connectivity index (χ0v) is 12.0. The van der Waals surface area contributed by atoms with Crippen LogP contribution in [0.15, 0.2) is 0 Å². The molecule has 2 saturated carbocycles. The van der Waals surface area contributed by atoms with Gasteiger partial charge in [-0.3, -0.25) is 0 Å². The Balaban J connectivity index is 1.53. The Morgan fingerprint density at radius 2 is 1.83 bits per heavy atom. The van der Waals surface area contributed by atoms with E-state index < -0.39 is 0 Å². The molecule has 0 radical (unpaired) electrons. The fourth-order valence-corrected chi connectivity index (χ4v) is 4.43. The third kappa shape index (κ3) is 2.46. The van der Waals surface area contributed by atoms with Crippen molar-refractivity contribution in [1.82, 2.24) is 5.32 Å². The summed E-state index contributed by atoms with van der Waals surface area (Å²) in [5.41, 5.74) is 0.915. The third-order valence-electron chi connectivity index (χ3n) is 5.68. The Hall–Kier alpha value is -0.0800. The number of nitrogens with one attached hydrogen (secondary N) is 1. The first-order valence-electron chi connectivity index (χ1n) is 8.15. The SMILES string of the molecule is CCNCC1(CC2CCC3(CCCC3)O2)CCC1. The second-order valence-corrected chi connectivity index (χ2v) is 7.01. The molecule has 2 aliphatic carbocycles. The summed E-state index contributed by atoms with van der Waals surface area (Å²) >= 11 is 0.